The fourth-order valence-corrected chi connectivity index (χ4v) is 3.12. The number of aryl methyl sites for hydroxylation is 2. The molecule has 2 nitrogen and oxygen atoms in total. The normalized spacial score (nSPS) is 10.5. The summed E-state index contributed by atoms with van der Waals surface area (Å²) in [5.74, 6) is 0.861. The van der Waals surface area contributed by atoms with Gasteiger partial charge in [0.1, 0.15) is 12.4 Å². The van der Waals surface area contributed by atoms with Gasteiger partial charge in [-0.2, -0.15) is 0 Å². The summed E-state index contributed by atoms with van der Waals surface area (Å²) in [6.45, 7) is 5.53. The van der Waals surface area contributed by atoms with E-state index in [9.17, 15) is 0 Å². The van der Waals surface area contributed by atoms with E-state index in [1.165, 1.54) is 22.3 Å². The average molecular weight is 396 g/mol. The molecule has 0 atom stereocenters. The lowest BCUT2D eigenvalue weighted by molar-refractivity contribution is 0.304. The number of hydrogen-bond acceptors (Lipinski definition) is 2. The second-order valence-corrected chi connectivity index (χ2v) is 7.12. The molecule has 0 aliphatic carbocycles. The van der Waals surface area contributed by atoms with Crippen molar-refractivity contribution < 1.29 is 4.74 Å². The van der Waals surface area contributed by atoms with Gasteiger partial charge in [0.05, 0.1) is 4.47 Å². The van der Waals surface area contributed by atoms with Crippen LogP contribution in [-0.2, 0) is 13.2 Å². The molecule has 128 valence electrons. The van der Waals surface area contributed by atoms with E-state index in [1.54, 1.807) is 0 Å². The summed E-state index contributed by atoms with van der Waals surface area (Å²) in [4.78, 5) is 0. The highest BCUT2D eigenvalue weighted by Gasteiger charge is 2.04. The highest BCUT2D eigenvalue weighted by atomic mass is 79.9. The van der Waals surface area contributed by atoms with Crippen molar-refractivity contribution in [1.29, 1.82) is 0 Å². The highest BCUT2D eigenvalue weighted by Crippen LogP contribution is 2.27. The monoisotopic (exact) mass is 395 g/mol. The van der Waals surface area contributed by atoms with Crippen LogP contribution in [0.2, 0.25) is 0 Å². The van der Waals surface area contributed by atoms with Gasteiger partial charge in [-0.15, -0.1) is 0 Å². The Labute approximate surface area is 158 Å². The SMILES string of the molecule is Cc1ccc(COc2ccc(CNc3cccc(C)c3)cc2Br)cc1. The van der Waals surface area contributed by atoms with Crippen molar-refractivity contribution >= 4 is 21.6 Å². The van der Waals surface area contributed by atoms with Gasteiger partial charge in [-0.05, 0) is 70.7 Å². The Kier molecular flexibility index (Phi) is 5.77. The van der Waals surface area contributed by atoms with Gasteiger partial charge in [-0.1, -0.05) is 48.0 Å². The quantitative estimate of drug-likeness (QED) is 0.531. The Morgan fingerprint density at radius 3 is 2.32 bits per heavy atom. The molecule has 3 aromatic carbocycles. The molecule has 0 aromatic heterocycles. The molecule has 0 saturated heterocycles. The maximum atomic E-state index is 5.93. The first-order valence-electron chi connectivity index (χ1n) is 8.37. The van der Waals surface area contributed by atoms with Gasteiger partial charge in [0.15, 0.2) is 0 Å². The van der Waals surface area contributed by atoms with E-state index in [-0.39, 0.29) is 0 Å². The standard InChI is InChI=1S/C22H22BrNO/c1-16-6-8-18(9-7-16)15-25-22-11-10-19(13-21(22)23)14-24-20-5-3-4-17(2)12-20/h3-13,24H,14-15H2,1-2H3. The Morgan fingerprint density at radius 1 is 0.840 bits per heavy atom. The molecule has 25 heavy (non-hydrogen) atoms. The second kappa shape index (κ2) is 8.21. The minimum Gasteiger partial charge on any atom is -0.488 e. The first kappa shape index (κ1) is 17.6. The second-order valence-electron chi connectivity index (χ2n) is 6.26. The van der Waals surface area contributed by atoms with Gasteiger partial charge < -0.3 is 10.1 Å². The molecule has 0 aliphatic heterocycles. The molecule has 3 heteroatoms. The number of ether oxygens (including phenoxy) is 1. The van der Waals surface area contributed by atoms with Crippen LogP contribution in [0.25, 0.3) is 0 Å². The predicted molar refractivity (Wildman–Crippen MR) is 108 cm³/mol. The minimum atomic E-state index is 0.569. The van der Waals surface area contributed by atoms with Crippen LogP contribution < -0.4 is 10.1 Å². The summed E-state index contributed by atoms with van der Waals surface area (Å²) < 4.78 is 6.90. The average Bonchev–Trinajstić information content (AvgIpc) is 2.61. The molecule has 0 radical (unpaired) electrons. The van der Waals surface area contributed by atoms with Gasteiger partial charge in [-0.3, -0.25) is 0 Å². The highest BCUT2D eigenvalue weighted by molar-refractivity contribution is 9.10. The van der Waals surface area contributed by atoms with Crippen molar-refractivity contribution in [3.63, 3.8) is 0 Å². The van der Waals surface area contributed by atoms with Crippen LogP contribution in [0.4, 0.5) is 5.69 Å². The fourth-order valence-electron chi connectivity index (χ4n) is 2.58. The van der Waals surface area contributed by atoms with E-state index in [2.05, 4.69) is 95.8 Å². The van der Waals surface area contributed by atoms with E-state index in [4.69, 9.17) is 4.74 Å². The summed E-state index contributed by atoms with van der Waals surface area (Å²) >= 11 is 3.62. The first-order chi connectivity index (χ1) is 12.1. The van der Waals surface area contributed by atoms with Crippen LogP contribution in [0, 0.1) is 13.8 Å². The number of hydrogen-bond donors (Lipinski definition) is 1. The molecule has 0 amide bonds. The van der Waals surface area contributed by atoms with Gasteiger partial charge in [-0.25, -0.2) is 0 Å². The zero-order chi connectivity index (χ0) is 17.6. The lowest BCUT2D eigenvalue weighted by Gasteiger charge is -2.11. The summed E-state index contributed by atoms with van der Waals surface area (Å²) in [6.07, 6.45) is 0. The van der Waals surface area contributed by atoms with Gasteiger partial charge in [0.2, 0.25) is 0 Å². The van der Waals surface area contributed by atoms with E-state index < -0.39 is 0 Å². The molecule has 3 rings (SSSR count). The number of rotatable bonds is 6. The maximum Gasteiger partial charge on any atom is 0.134 e. The van der Waals surface area contributed by atoms with Crippen LogP contribution >= 0.6 is 15.9 Å². The van der Waals surface area contributed by atoms with E-state index >= 15 is 0 Å². The van der Waals surface area contributed by atoms with Crippen molar-refractivity contribution in [3.8, 4) is 5.75 Å². The summed E-state index contributed by atoms with van der Waals surface area (Å²) in [7, 11) is 0. The summed E-state index contributed by atoms with van der Waals surface area (Å²) in [5, 5.41) is 3.45. The zero-order valence-corrected chi connectivity index (χ0v) is 16.1. The van der Waals surface area contributed by atoms with Crippen molar-refractivity contribution in [2.45, 2.75) is 27.0 Å². The molecular weight excluding hydrogens is 374 g/mol. The number of anilines is 1. The third-order valence-electron chi connectivity index (χ3n) is 4.03. The molecule has 3 aromatic rings. The predicted octanol–water partition coefficient (Wildman–Crippen LogP) is 6.26. The molecule has 0 fully saturated rings. The number of halogens is 1. The Morgan fingerprint density at radius 2 is 1.60 bits per heavy atom. The molecule has 0 aliphatic rings. The molecular formula is C22H22BrNO. The Bertz CT molecular complexity index is 843. The Hall–Kier alpha value is -2.26. The third-order valence-corrected chi connectivity index (χ3v) is 4.65. The zero-order valence-electron chi connectivity index (χ0n) is 14.6. The van der Waals surface area contributed by atoms with E-state index in [0.717, 1.165) is 22.5 Å². The van der Waals surface area contributed by atoms with Gasteiger partial charge >= 0.3 is 0 Å². The summed E-state index contributed by atoms with van der Waals surface area (Å²) in [5.41, 5.74) is 6.02. The van der Waals surface area contributed by atoms with Crippen LogP contribution in [0.5, 0.6) is 5.75 Å². The number of benzene rings is 3. The van der Waals surface area contributed by atoms with E-state index in [1.807, 2.05) is 6.07 Å². The lowest BCUT2D eigenvalue weighted by atomic mass is 10.1. The van der Waals surface area contributed by atoms with Crippen LogP contribution in [0.1, 0.15) is 22.3 Å². The largest absolute Gasteiger partial charge is 0.488 e. The van der Waals surface area contributed by atoms with Crippen molar-refractivity contribution in [1.82, 2.24) is 0 Å². The third kappa shape index (κ3) is 5.10. The lowest BCUT2D eigenvalue weighted by Crippen LogP contribution is -2.01. The molecule has 0 bridgehead atoms. The topological polar surface area (TPSA) is 21.3 Å². The van der Waals surface area contributed by atoms with Gasteiger partial charge in [0.25, 0.3) is 0 Å². The molecule has 0 spiro atoms. The van der Waals surface area contributed by atoms with Crippen LogP contribution in [-0.4, -0.2) is 0 Å². The Balaban J connectivity index is 1.59. The van der Waals surface area contributed by atoms with E-state index in [0.29, 0.717) is 6.61 Å². The first-order valence-corrected chi connectivity index (χ1v) is 9.17. The fraction of sp³-hybridized carbons (Fsp3) is 0.182. The molecule has 1 N–H and O–H groups in total. The van der Waals surface area contributed by atoms with Crippen molar-refractivity contribution in [3.05, 3.63) is 93.5 Å². The van der Waals surface area contributed by atoms with Crippen LogP contribution in [0.15, 0.2) is 71.2 Å². The van der Waals surface area contributed by atoms with Crippen molar-refractivity contribution in [2.75, 3.05) is 5.32 Å². The molecule has 0 unspecified atom stereocenters. The van der Waals surface area contributed by atoms with Crippen LogP contribution in [0.3, 0.4) is 0 Å². The maximum absolute atomic E-state index is 5.93. The molecule has 0 heterocycles. The summed E-state index contributed by atoms with van der Waals surface area (Å²) in [6, 6.07) is 23.0. The van der Waals surface area contributed by atoms with Crippen molar-refractivity contribution in [2.24, 2.45) is 0 Å². The van der Waals surface area contributed by atoms with Gasteiger partial charge in [0, 0.05) is 12.2 Å². The molecule has 0 saturated carbocycles. The minimum absolute atomic E-state index is 0.569. The number of nitrogens with one attached hydrogen (secondary N) is 1. The smallest absolute Gasteiger partial charge is 0.134 e.